The normalized spacial score (nSPS) is 35.4. The molecule has 5 fully saturated rings. The number of amides is 2. The van der Waals surface area contributed by atoms with Gasteiger partial charge in [-0.1, -0.05) is 11.6 Å². The number of urea groups is 1. The second-order valence-corrected chi connectivity index (χ2v) is 10.1. The number of nitrogens with one attached hydrogen (secondary N) is 1. The van der Waals surface area contributed by atoms with Gasteiger partial charge in [0.2, 0.25) is 0 Å². The van der Waals surface area contributed by atoms with E-state index in [9.17, 15) is 4.79 Å². The topological polar surface area (TPSA) is 35.6 Å². The number of anilines is 1. The van der Waals surface area contributed by atoms with Gasteiger partial charge >= 0.3 is 6.03 Å². The molecule has 1 saturated heterocycles. The number of halogens is 1. The molecule has 4 nitrogen and oxygen atoms in total. The van der Waals surface area contributed by atoms with E-state index in [2.05, 4.69) is 10.2 Å². The molecular weight excluding hydrogens is 358 g/mol. The first-order valence-electron chi connectivity index (χ1n) is 10.6. The molecule has 6 rings (SSSR count). The third kappa shape index (κ3) is 3.71. The van der Waals surface area contributed by atoms with Crippen LogP contribution in [0.4, 0.5) is 10.5 Å². The molecule has 1 aliphatic heterocycles. The Hall–Kier alpha value is -1.26. The average Bonchev–Trinajstić information content (AvgIpc) is 2.63. The predicted molar refractivity (Wildman–Crippen MR) is 109 cm³/mol. The molecule has 146 valence electrons. The molecule has 5 heteroatoms. The van der Waals surface area contributed by atoms with E-state index in [1.807, 2.05) is 17.0 Å². The van der Waals surface area contributed by atoms with Crippen molar-refractivity contribution < 1.29 is 4.79 Å². The van der Waals surface area contributed by atoms with Crippen LogP contribution in [-0.4, -0.2) is 48.6 Å². The van der Waals surface area contributed by atoms with Gasteiger partial charge in [0, 0.05) is 43.4 Å². The Kier molecular flexibility index (Phi) is 4.60. The summed E-state index contributed by atoms with van der Waals surface area (Å²) in [7, 11) is 0. The molecule has 0 spiro atoms. The number of benzene rings is 1. The Morgan fingerprint density at radius 3 is 2.07 bits per heavy atom. The number of rotatable bonds is 3. The Bertz CT molecular complexity index is 661. The van der Waals surface area contributed by atoms with Crippen molar-refractivity contribution in [3.63, 3.8) is 0 Å². The summed E-state index contributed by atoms with van der Waals surface area (Å²) in [5.74, 6) is 3.05. The predicted octanol–water partition coefficient (Wildman–Crippen LogP) is 4.71. The first-order valence-corrected chi connectivity index (χ1v) is 11.0. The van der Waals surface area contributed by atoms with Crippen LogP contribution in [-0.2, 0) is 0 Å². The van der Waals surface area contributed by atoms with E-state index in [0.717, 1.165) is 49.6 Å². The monoisotopic (exact) mass is 387 g/mol. The van der Waals surface area contributed by atoms with Gasteiger partial charge in [-0.3, -0.25) is 4.90 Å². The molecule has 0 radical (unpaired) electrons. The van der Waals surface area contributed by atoms with Crippen molar-refractivity contribution in [3.8, 4) is 0 Å². The number of hydrogen-bond donors (Lipinski definition) is 1. The average molecular weight is 388 g/mol. The second-order valence-electron chi connectivity index (χ2n) is 9.62. The Morgan fingerprint density at radius 1 is 0.963 bits per heavy atom. The molecule has 0 aromatic heterocycles. The van der Waals surface area contributed by atoms with Crippen molar-refractivity contribution in [1.82, 2.24) is 9.80 Å². The van der Waals surface area contributed by atoms with Crippen LogP contribution in [0.1, 0.15) is 38.5 Å². The molecule has 4 saturated carbocycles. The summed E-state index contributed by atoms with van der Waals surface area (Å²) in [6.45, 7) is 4.94. The fraction of sp³-hybridized carbons (Fsp3) is 0.682. The van der Waals surface area contributed by atoms with E-state index >= 15 is 0 Å². The van der Waals surface area contributed by atoms with Crippen LogP contribution in [0.15, 0.2) is 24.3 Å². The zero-order valence-electron chi connectivity index (χ0n) is 16.0. The zero-order valence-corrected chi connectivity index (χ0v) is 16.8. The molecule has 2 amide bonds. The Labute approximate surface area is 167 Å². The van der Waals surface area contributed by atoms with Gasteiger partial charge in [0.25, 0.3) is 0 Å². The molecule has 4 aliphatic carbocycles. The molecule has 27 heavy (non-hydrogen) atoms. The van der Waals surface area contributed by atoms with Crippen LogP contribution in [0.25, 0.3) is 0 Å². The maximum absolute atomic E-state index is 12.5. The minimum Gasteiger partial charge on any atom is -0.322 e. The van der Waals surface area contributed by atoms with Gasteiger partial charge in [0.1, 0.15) is 0 Å². The van der Waals surface area contributed by atoms with Crippen molar-refractivity contribution >= 4 is 23.3 Å². The summed E-state index contributed by atoms with van der Waals surface area (Å²) in [4.78, 5) is 17.1. The minimum absolute atomic E-state index is 0.00627. The third-order valence-electron chi connectivity index (χ3n) is 7.48. The molecule has 0 unspecified atom stereocenters. The third-order valence-corrected chi connectivity index (χ3v) is 7.73. The van der Waals surface area contributed by atoms with Gasteiger partial charge in [-0.25, -0.2) is 4.79 Å². The van der Waals surface area contributed by atoms with E-state index in [-0.39, 0.29) is 6.03 Å². The minimum atomic E-state index is 0.00627. The lowest BCUT2D eigenvalue weighted by atomic mass is 9.49. The van der Waals surface area contributed by atoms with Crippen molar-refractivity contribution in [2.45, 2.75) is 38.5 Å². The fourth-order valence-electron chi connectivity index (χ4n) is 6.80. The lowest BCUT2D eigenvalue weighted by molar-refractivity contribution is -0.0723. The number of nitrogens with zero attached hydrogens (tertiary/aromatic N) is 2. The van der Waals surface area contributed by atoms with Crippen LogP contribution in [0.5, 0.6) is 0 Å². The number of piperazine rings is 1. The van der Waals surface area contributed by atoms with Crippen molar-refractivity contribution in [2.24, 2.45) is 23.2 Å². The highest BCUT2D eigenvalue weighted by Crippen LogP contribution is 2.60. The van der Waals surface area contributed by atoms with Gasteiger partial charge in [0.15, 0.2) is 0 Å². The smallest absolute Gasteiger partial charge is 0.321 e. The summed E-state index contributed by atoms with van der Waals surface area (Å²) in [6, 6.07) is 7.32. The zero-order chi connectivity index (χ0) is 18.4. The number of carbonyl (C=O) groups excluding carboxylic acids is 1. The quantitative estimate of drug-likeness (QED) is 0.815. The van der Waals surface area contributed by atoms with Crippen molar-refractivity contribution in [3.05, 3.63) is 29.3 Å². The SMILES string of the molecule is O=C(Nc1ccc(Cl)cc1)N1CCN(CC23CC4CC(CC(C4)C2)C3)CC1. The summed E-state index contributed by atoms with van der Waals surface area (Å²) in [5, 5.41) is 3.68. The molecule has 1 aromatic carbocycles. The van der Waals surface area contributed by atoms with E-state index in [1.165, 1.54) is 45.1 Å². The molecular formula is C22H30ClN3O. The molecule has 4 bridgehead atoms. The van der Waals surface area contributed by atoms with Gasteiger partial charge in [-0.05, 0) is 86.0 Å². The Balaban J connectivity index is 1.14. The van der Waals surface area contributed by atoms with Crippen LogP contribution in [0, 0.1) is 23.2 Å². The van der Waals surface area contributed by atoms with E-state index in [1.54, 1.807) is 12.1 Å². The highest BCUT2D eigenvalue weighted by atomic mass is 35.5. The molecule has 1 heterocycles. The summed E-state index contributed by atoms with van der Waals surface area (Å²) in [5.41, 5.74) is 1.41. The summed E-state index contributed by atoms with van der Waals surface area (Å²) < 4.78 is 0. The molecule has 5 aliphatic rings. The largest absolute Gasteiger partial charge is 0.322 e. The standard InChI is InChI=1S/C22H30ClN3O/c23-19-1-3-20(4-2-19)24-21(27)26-7-5-25(6-8-26)15-22-12-16-9-17(13-22)11-18(10-16)14-22/h1-4,16-18H,5-15H2,(H,24,27). The van der Waals surface area contributed by atoms with Gasteiger partial charge in [0.05, 0.1) is 0 Å². The van der Waals surface area contributed by atoms with Crippen molar-refractivity contribution in [1.29, 1.82) is 0 Å². The molecule has 0 atom stereocenters. The number of hydrogen-bond acceptors (Lipinski definition) is 2. The first kappa shape index (κ1) is 17.8. The van der Waals surface area contributed by atoms with Crippen LogP contribution >= 0.6 is 11.6 Å². The van der Waals surface area contributed by atoms with Crippen LogP contribution in [0.3, 0.4) is 0 Å². The number of carbonyl (C=O) groups is 1. The maximum Gasteiger partial charge on any atom is 0.321 e. The van der Waals surface area contributed by atoms with Gasteiger partial charge in [-0.15, -0.1) is 0 Å². The summed E-state index contributed by atoms with van der Waals surface area (Å²) in [6.07, 6.45) is 8.94. The Morgan fingerprint density at radius 2 is 1.52 bits per heavy atom. The summed E-state index contributed by atoms with van der Waals surface area (Å²) >= 11 is 5.91. The highest BCUT2D eigenvalue weighted by Gasteiger charge is 2.51. The lowest BCUT2D eigenvalue weighted by Crippen LogP contribution is -2.56. The lowest BCUT2D eigenvalue weighted by Gasteiger charge is -2.58. The van der Waals surface area contributed by atoms with Gasteiger partial charge in [-0.2, -0.15) is 0 Å². The van der Waals surface area contributed by atoms with E-state index in [0.29, 0.717) is 10.4 Å². The second kappa shape index (κ2) is 6.97. The molecule has 1 N–H and O–H groups in total. The van der Waals surface area contributed by atoms with E-state index in [4.69, 9.17) is 11.6 Å². The van der Waals surface area contributed by atoms with Crippen LogP contribution in [0.2, 0.25) is 5.02 Å². The first-order chi connectivity index (χ1) is 13.1. The van der Waals surface area contributed by atoms with E-state index < -0.39 is 0 Å². The maximum atomic E-state index is 12.5. The molecule has 1 aromatic rings. The fourth-order valence-corrected chi connectivity index (χ4v) is 6.93. The highest BCUT2D eigenvalue weighted by molar-refractivity contribution is 6.30. The van der Waals surface area contributed by atoms with Crippen molar-refractivity contribution in [2.75, 3.05) is 38.0 Å². The van der Waals surface area contributed by atoms with Gasteiger partial charge < -0.3 is 10.2 Å². The van der Waals surface area contributed by atoms with Crippen LogP contribution < -0.4 is 5.32 Å².